The van der Waals surface area contributed by atoms with Crippen molar-refractivity contribution in [2.45, 2.75) is 13.1 Å². The minimum Gasteiger partial charge on any atom is -0.481 e. The van der Waals surface area contributed by atoms with E-state index in [2.05, 4.69) is 16.4 Å². The molecule has 0 saturated carbocycles. The number of rotatable bonds is 5. The van der Waals surface area contributed by atoms with Gasteiger partial charge in [-0.15, -0.1) is 0 Å². The molecule has 1 aromatic carbocycles. The maximum Gasteiger partial charge on any atom is 0.213 e. The van der Waals surface area contributed by atoms with E-state index in [1.807, 2.05) is 36.4 Å². The van der Waals surface area contributed by atoms with Crippen molar-refractivity contribution in [3.63, 3.8) is 0 Å². The summed E-state index contributed by atoms with van der Waals surface area (Å²) in [4.78, 5) is 4.06. The zero-order valence-corrected chi connectivity index (χ0v) is 10.8. The predicted octanol–water partition coefficient (Wildman–Crippen LogP) is 2.25. The SMILES string of the molecule is COc1cc(CNCc2ccc(C#N)cc2)ccn1. The Kier molecular flexibility index (Phi) is 4.49. The smallest absolute Gasteiger partial charge is 0.213 e. The molecule has 1 aromatic heterocycles. The number of hydrogen-bond acceptors (Lipinski definition) is 4. The topological polar surface area (TPSA) is 57.9 Å². The fraction of sp³-hybridized carbons (Fsp3) is 0.200. The van der Waals surface area contributed by atoms with E-state index in [0.717, 1.165) is 24.2 Å². The van der Waals surface area contributed by atoms with Gasteiger partial charge < -0.3 is 10.1 Å². The van der Waals surface area contributed by atoms with Gasteiger partial charge >= 0.3 is 0 Å². The van der Waals surface area contributed by atoms with Crippen LogP contribution in [0, 0.1) is 11.3 Å². The highest BCUT2D eigenvalue weighted by Crippen LogP contribution is 2.08. The van der Waals surface area contributed by atoms with Crippen molar-refractivity contribution in [2.24, 2.45) is 0 Å². The number of nitrogens with zero attached hydrogens (tertiary/aromatic N) is 2. The van der Waals surface area contributed by atoms with Crippen molar-refractivity contribution in [1.82, 2.24) is 10.3 Å². The summed E-state index contributed by atoms with van der Waals surface area (Å²) in [6.45, 7) is 1.51. The van der Waals surface area contributed by atoms with Gasteiger partial charge in [0.2, 0.25) is 5.88 Å². The minimum absolute atomic E-state index is 0.623. The van der Waals surface area contributed by atoms with Crippen LogP contribution in [0.25, 0.3) is 0 Å². The Balaban J connectivity index is 1.87. The van der Waals surface area contributed by atoms with Gasteiger partial charge in [-0.1, -0.05) is 12.1 Å². The Morgan fingerprint density at radius 1 is 1.16 bits per heavy atom. The minimum atomic E-state index is 0.623. The second-order valence-electron chi connectivity index (χ2n) is 4.12. The monoisotopic (exact) mass is 253 g/mol. The summed E-state index contributed by atoms with van der Waals surface area (Å²) >= 11 is 0. The van der Waals surface area contributed by atoms with Crippen LogP contribution in [0.4, 0.5) is 0 Å². The van der Waals surface area contributed by atoms with Gasteiger partial charge in [-0.05, 0) is 29.3 Å². The molecule has 2 rings (SSSR count). The molecule has 0 atom stereocenters. The maximum absolute atomic E-state index is 8.72. The normalized spacial score (nSPS) is 9.89. The van der Waals surface area contributed by atoms with Gasteiger partial charge in [0.25, 0.3) is 0 Å². The van der Waals surface area contributed by atoms with E-state index in [1.165, 1.54) is 0 Å². The second kappa shape index (κ2) is 6.53. The van der Waals surface area contributed by atoms with E-state index >= 15 is 0 Å². The number of methoxy groups -OCH3 is 1. The van der Waals surface area contributed by atoms with Crippen LogP contribution in [0.15, 0.2) is 42.6 Å². The summed E-state index contributed by atoms with van der Waals surface area (Å²) in [6.07, 6.45) is 1.73. The average Bonchev–Trinajstić information content (AvgIpc) is 2.48. The standard InChI is InChI=1S/C15H15N3O/c1-19-15-8-14(6-7-18-15)11-17-10-13-4-2-12(9-16)3-5-13/h2-8,17H,10-11H2,1H3. The summed E-state index contributed by atoms with van der Waals surface area (Å²) in [5, 5.41) is 12.1. The number of nitrogens with one attached hydrogen (secondary N) is 1. The molecule has 0 bridgehead atoms. The van der Waals surface area contributed by atoms with Crippen LogP contribution in [-0.4, -0.2) is 12.1 Å². The molecule has 4 heteroatoms. The zero-order valence-electron chi connectivity index (χ0n) is 10.8. The second-order valence-corrected chi connectivity index (χ2v) is 4.12. The van der Waals surface area contributed by atoms with Crippen LogP contribution in [0.5, 0.6) is 5.88 Å². The van der Waals surface area contributed by atoms with Crippen molar-refractivity contribution in [3.05, 3.63) is 59.3 Å². The molecule has 96 valence electrons. The maximum atomic E-state index is 8.72. The zero-order chi connectivity index (χ0) is 13.5. The van der Waals surface area contributed by atoms with Gasteiger partial charge in [-0.25, -0.2) is 4.98 Å². The van der Waals surface area contributed by atoms with E-state index in [0.29, 0.717) is 11.4 Å². The molecule has 2 aromatic rings. The van der Waals surface area contributed by atoms with Crippen molar-refractivity contribution in [2.75, 3.05) is 7.11 Å². The molecular formula is C15H15N3O. The molecule has 0 amide bonds. The Hall–Kier alpha value is -2.38. The van der Waals surface area contributed by atoms with Gasteiger partial charge in [-0.2, -0.15) is 5.26 Å². The predicted molar refractivity (Wildman–Crippen MR) is 72.5 cm³/mol. The molecule has 1 N–H and O–H groups in total. The lowest BCUT2D eigenvalue weighted by Crippen LogP contribution is -2.12. The molecule has 4 nitrogen and oxygen atoms in total. The van der Waals surface area contributed by atoms with E-state index in [9.17, 15) is 0 Å². The molecule has 1 heterocycles. The third kappa shape index (κ3) is 3.80. The number of ether oxygens (including phenoxy) is 1. The van der Waals surface area contributed by atoms with Crippen LogP contribution in [-0.2, 0) is 13.1 Å². The van der Waals surface area contributed by atoms with Crippen LogP contribution in [0.1, 0.15) is 16.7 Å². The van der Waals surface area contributed by atoms with Crippen molar-refractivity contribution in [1.29, 1.82) is 5.26 Å². The molecule has 0 radical (unpaired) electrons. The molecule has 0 aliphatic rings. The summed E-state index contributed by atoms with van der Waals surface area (Å²) in [5.74, 6) is 0.623. The number of nitriles is 1. The Bertz CT molecular complexity index is 573. The lowest BCUT2D eigenvalue weighted by atomic mass is 10.1. The number of hydrogen-bond donors (Lipinski definition) is 1. The van der Waals surface area contributed by atoms with Crippen molar-refractivity contribution < 1.29 is 4.74 Å². The van der Waals surface area contributed by atoms with E-state index in [-0.39, 0.29) is 0 Å². The summed E-state index contributed by atoms with van der Waals surface area (Å²) in [5.41, 5.74) is 2.96. The Morgan fingerprint density at radius 3 is 2.58 bits per heavy atom. The highest BCUT2D eigenvalue weighted by Gasteiger charge is 1.98. The number of pyridine rings is 1. The largest absolute Gasteiger partial charge is 0.481 e. The van der Waals surface area contributed by atoms with Crippen LogP contribution in [0.3, 0.4) is 0 Å². The lowest BCUT2D eigenvalue weighted by molar-refractivity contribution is 0.397. The highest BCUT2D eigenvalue weighted by molar-refractivity contribution is 5.31. The quantitative estimate of drug-likeness (QED) is 0.888. The first-order chi connectivity index (χ1) is 9.31. The van der Waals surface area contributed by atoms with Gasteiger partial charge in [0.15, 0.2) is 0 Å². The Morgan fingerprint density at radius 2 is 1.89 bits per heavy atom. The van der Waals surface area contributed by atoms with E-state index in [4.69, 9.17) is 10.00 Å². The van der Waals surface area contributed by atoms with E-state index in [1.54, 1.807) is 13.3 Å². The Labute approximate surface area is 112 Å². The first-order valence-electron chi connectivity index (χ1n) is 6.00. The molecule has 0 aliphatic heterocycles. The third-order valence-corrected chi connectivity index (χ3v) is 2.75. The fourth-order valence-electron chi connectivity index (χ4n) is 1.72. The third-order valence-electron chi connectivity index (χ3n) is 2.75. The summed E-state index contributed by atoms with van der Waals surface area (Å²) < 4.78 is 5.08. The first kappa shape index (κ1) is 13.1. The highest BCUT2D eigenvalue weighted by atomic mass is 16.5. The van der Waals surface area contributed by atoms with Crippen LogP contribution in [0.2, 0.25) is 0 Å². The molecular weight excluding hydrogens is 238 g/mol. The van der Waals surface area contributed by atoms with Crippen molar-refractivity contribution >= 4 is 0 Å². The van der Waals surface area contributed by atoms with Gasteiger partial charge in [-0.3, -0.25) is 0 Å². The molecule has 19 heavy (non-hydrogen) atoms. The summed E-state index contributed by atoms with van der Waals surface area (Å²) in [6, 6.07) is 13.5. The first-order valence-corrected chi connectivity index (χ1v) is 6.00. The van der Waals surface area contributed by atoms with Gasteiger partial charge in [0, 0.05) is 25.4 Å². The average molecular weight is 253 g/mol. The molecule has 0 saturated heterocycles. The molecule has 0 unspecified atom stereocenters. The lowest BCUT2D eigenvalue weighted by Gasteiger charge is -2.06. The van der Waals surface area contributed by atoms with Crippen LogP contribution < -0.4 is 10.1 Å². The van der Waals surface area contributed by atoms with Crippen LogP contribution >= 0.6 is 0 Å². The van der Waals surface area contributed by atoms with Crippen molar-refractivity contribution in [3.8, 4) is 11.9 Å². The number of benzene rings is 1. The van der Waals surface area contributed by atoms with Gasteiger partial charge in [0.05, 0.1) is 18.7 Å². The molecule has 0 fully saturated rings. The van der Waals surface area contributed by atoms with Gasteiger partial charge in [0.1, 0.15) is 0 Å². The molecule has 0 spiro atoms. The van der Waals surface area contributed by atoms with E-state index < -0.39 is 0 Å². The summed E-state index contributed by atoms with van der Waals surface area (Å²) in [7, 11) is 1.61. The molecule has 0 aliphatic carbocycles. The number of aromatic nitrogens is 1. The fourth-order valence-corrected chi connectivity index (χ4v) is 1.72.